The van der Waals surface area contributed by atoms with Gasteiger partial charge in [-0.25, -0.2) is 32.8 Å². The number of rotatable bonds is 7. The van der Waals surface area contributed by atoms with Crippen molar-refractivity contribution in [3.8, 4) is 11.5 Å². The van der Waals surface area contributed by atoms with Crippen molar-refractivity contribution in [3.05, 3.63) is 65.2 Å². The predicted octanol–water partition coefficient (Wildman–Crippen LogP) is 4.44. The average Bonchev–Trinajstić information content (AvgIpc) is 3.18. The van der Waals surface area contributed by atoms with Crippen molar-refractivity contribution in [1.82, 2.24) is 24.7 Å². The van der Waals surface area contributed by atoms with Gasteiger partial charge in [0.05, 0.1) is 24.0 Å². The molecule has 0 aliphatic carbocycles. The number of hydrogen-bond donors (Lipinski definition) is 1. The van der Waals surface area contributed by atoms with Gasteiger partial charge in [-0.3, -0.25) is 4.79 Å². The lowest BCUT2D eigenvalue weighted by Gasteiger charge is -2.26. The number of fused-ring (bicyclic) bond motifs is 1. The number of nitrogen functional groups attached to an aromatic ring is 1. The highest BCUT2D eigenvalue weighted by atomic mass is 19.3. The van der Waals surface area contributed by atoms with E-state index in [9.17, 15) is 18.0 Å². The van der Waals surface area contributed by atoms with Gasteiger partial charge in [0.25, 0.3) is 6.43 Å². The number of carbonyl (C=O) groups excluding carboxylic acids is 1. The molecule has 35 heavy (non-hydrogen) atoms. The molecule has 0 radical (unpaired) electrons. The second-order valence-electron chi connectivity index (χ2n) is 8.31. The second kappa shape index (κ2) is 9.32. The van der Waals surface area contributed by atoms with E-state index in [1.54, 1.807) is 37.3 Å². The summed E-state index contributed by atoms with van der Waals surface area (Å²) in [6, 6.07) is 9.54. The summed E-state index contributed by atoms with van der Waals surface area (Å²) >= 11 is 0. The molecule has 182 valence electrons. The van der Waals surface area contributed by atoms with Crippen LogP contribution < -0.4 is 5.73 Å². The van der Waals surface area contributed by atoms with Crippen LogP contribution >= 0.6 is 0 Å². The van der Waals surface area contributed by atoms with Gasteiger partial charge in [0.15, 0.2) is 11.5 Å². The third-order valence-corrected chi connectivity index (χ3v) is 5.58. The van der Waals surface area contributed by atoms with Crippen LogP contribution in [-0.2, 0) is 21.5 Å². The molecule has 0 fully saturated rings. The Hall–Kier alpha value is -4.02. The van der Waals surface area contributed by atoms with E-state index in [1.165, 1.54) is 30.8 Å². The Kier molecular flexibility index (Phi) is 6.42. The van der Waals surface area contributed by atoms with Gasteiger partial charge in [-0.15, -0.1) is 0 Å². The first-order valence-electron chi connectivity index (χ1n) is 10.8. The van der Waals surface area contributed by atoms with Crippen LogP contribution in [0.15, 0.2) is 42.6 Å². The Bertz CT molecular complexity index is 1400. The van der Waals surface area contributed by atoms with Crippen LogP contribution in [-0.4, -0.2) is 37.3 Å². The van der Waals surface area contributed by atoms with Crippen LogP contribution in [0, 0.1) is 5.82 Å². The highest BCUT2D eigenvalue weighted by Gasteiger charge is 2.39. The molecule has 4 rings (SSSR count). The minimum atomic E-state index is -3.05. The number of nitrogens with two attached hydrogens (primary N) is 1. The van der Waals surface area contributed by atoms with Gasteiger partial charge in [-0.05, 0) is 39.0 Å². The molecule has 3 heterocycles. The maximum Gasteiger partial charge on any atom is 0.316 e. The fourth-order valence-electron chi connectivity index (χ4n) is 3.89. The van der Waals surface area contributed by atoms with E-state index in [2.05, 4.69) is 20.1 Å². The highest BCUT2D eigenvalue weighted by Crippen LogP contribution is 2.37. The average molecular weight is 484 g/mol. The van der Waals surface area contributed by atoms with Gasteiger partial charge in [-0.1, -0.05) is 18.2 Å². The summed E-state index contributed by atoms with van der Waals surface area (Å²) in [7, 11) is 0. The topological polar surface area (TPSA) is 109 Å². The van der Waals surface area contributed by atoms with Gasteiger partial charge < -0.3 is 10.5 Å². The van der Waals surface area contributed by atoms with Crippen molar-refractivity contribution < 1.29 is 22.7 Å². The number of halogens is 3. The summed E-state index contributed by atoms with van der Waals surface area (Å²) in [5.74, 6) is -1.59. The van der Waals surface area contributed by atoms with Gasteiger partial charge in [0.1, 0.15) is 23.0 Å². The molecule has 4 aromatic rings. The number of benzene rings is 1. The van der Waals surface area contributed by atoms with Gasteiger partial charge in [-0.2, -0.15) is 5.10 Å². The van der Waals surface area contributed by atoms with Crippen LogP contribution in [0.3, 0.4) is 0 Å². The van der Waals surface area contributed by atoms with Crippen LogP contribution in [0.2, 0.25) is 0 Å². The highest BCUT2D eigenvalue weighted by molar-refractivity contribution is 5.90. The van der Waals surface area contributed by atoms with E-state index >= 15 is 0 Å². The van der Waals surface area contributed by atoms with Crippen LogP contribution in [0.1, 0.15) is 44.0 Å². The third-order valence-electron chi connectivity index (χ3n) is 5.58. The van der Waals surface area contributed by atoms with Gasteiger partial charge in [0, 0.05) is 17.3 Å². The SMILES string of the molecule is CCOC(=O)C(C)(C)c1c(N)nc(-c2nn(Cc3ccccc3F)c3ncccc23)nc1C(F)F. The van der Waals surface area contributed by atoms with E-state index in [4.69, 9.17) is 10.5 Å². The number of alkyl halides is 2. The van der Waals surface area contributed by atoms with Crippen molar-refractivity contribution in [2.45, 2.75) is 39.2 Å². The van der Waals surface area contributed by atoms with Crippen molar-refractivity contribution in [2.75, 3.05) is 12.3 Å². The van der Waals surface area contributed by atoms with Crippen molar-refractivity contribution >= 4 is 22.8 Å². The number of pyridine rings is 1. The molecule has 0 spiro atoms. The third kappa shape index (κ3) is 4.41. The lowest BCUT2D eigenvalue weighted by atomic mass is 9.83. The molecule has 8 nitrogen and oxygen atoms in total. The summed E-state index contributed by atoms with van der Waals surface area (Å²) in [6.07, 6.45) is -1.51. The van der Waals surface area contributed by atoms with Crippen molar-refractivity contribution in [3.63, 3.8) is 0 Å². The molecule has 11 heteroatoms. The fraction of sp³-hybridized carbons (Fsp3) is 0.292. The van der Waals surface area contributed by atoms with E-state index in [-0.39, 0.29) is 36.1 Å². The first-order valence-corrected chi connectivity index (χ1v) is 10.8. The Morgan fingerprint density at radius 1 is 1.17 bits per heavy atom. The zero-order valence-corrected chi connectivity index (χ0v) is 19.3. The zero-order chi connectivity index (χ0) is 25.3. The number of carbonyl (C=O) groups is 1. The van der Waals surface area contributed by atoms with Crippen LogP contribution in [0.5, 0.6) is 0 Å². The number of esters is 1. The number of ether oxygens (including phenoxy) is 1. The number of hydrogen-bond acceptors (Lipinski definition) is 7. The monoisotopic (exact) mass is 484 g/mol. The lowest BCUT2D eigenvalue weighted by molar-refractivity contribution is -0.148. The van der Waals surface area contributed by atoms with E-state index in [0.29, 0.717) is 16.6 Å². The van der Waals surface area contributed by atoms with E-state index in [0.717, 1.165) is 0 Å². The van der Waals surface area contributed by atoms with Gasteiger partial charge >= 0.3 is 5.97 Å². The van der Waals surface area contributed by atoms with Gasteiger partial charge in [0.2, 0.25) is 0 Å². The van der Waals surface area contributed by atoms with E-state index in [1.807, 2.05) is 0 Å². The largest absolute Gasteiger partial charge is 0.465 e. The summed E-state index contributed by atoms with van der Waals surface area (Å²) in [5, 5.41) is 4.94. The molecule has 1 aromatic carbocycles. The molecule has 2 N–H and O–H groups in total. The normalized spacial score (nSPS) is 11.9. The molecular weight excluding hydrogens is 461 g/mol. The maximum atomic E-state index is 14.3. The second-order valence-corrected chi connectivity index (χ2v) is 8.31. The zero-order valence-electron chi connectivity index (χ0n) is 19.3. The molecule has 0 amide bonds. The lowest BCUT2D eigenvalue weighted by Crippen LogP contribution is -2.34. The molecule has 0 saturated heterocycles. The standard InChI is InChI=1S/C24H23F3N6O2/c1-4-35-23(34)24(2,3)16-18(19(26)27)30-21(31-20(16)28)17-14-9-7-11-29-22(14)33(32-17)12-13-8-5-6-10-15(13)25/h5-11,19H,4,12H2,1-3H3,(H2,28,30,31). The molecule has 0 aliphatic heterocycles. The molecule has 0 aliphatic rings. The summed E-state index contributed by atoms with van der Waals surface area (Å²) < 4.78 is 49.1. The minimum absolute atomic E-state index is 0.0470. The molecule has 3 aromatic heterocycles. The fourth-order valence-corrected chi connectivity index (χ4v) is 3.89. The van der Waals surface area contributed by atoms with Crippen molar-refractivity contribution in [1.29, 1.82) is 0 Å². The summed E-state index contributed by atoms with van der Waals surface area (Å²) in [5.41, 5.74) is 4.62. The molecule has 0 bridgehead atoms. The number of nitrogens with zero attached hydrogens (tertiary/aromatic N) is 5. The predicted molar refractivity (Wildman–Crippen MR) is 123 cm³/mol. The molecular formula is C24H23F3N6O2. The Morgan fingerprint density at radius 2 is 1.91 bits per heavy atom. The first kappa shape index (κ1) is 24.1. The Balaban J connectivity index is 1.88. The Morgan fingerprint density at radius 3 is 2.60 bits per heavy atom. The smallest absolute Gasteiger partial charge is 0.316 e. The number of anilines is 1. The van der Waals surface area contributed by atoms with Crippen LogP contribution in [0.25, 0.3) is 22.6 Å². The summed E-state index contributed by atoms with van der Waals surface area (Å²) in [4.78, 5) is 25.1. The quantitative estimate of drug-likeness (QED) is 0.386. The molecule has 0 saturated carbocycles. The van der Waals surface area contributed by atoms with Crippen LogP contribution in [0.4, 0.5) is 19.0 Å². The molecule has 0 unspecified atom stereocenters. The number of aromatic nitrogens is 5. The first-order chi connectivity index (χ1) is 16.6. The van der Waals surface area contributed by atoms with Crippen molar-refractivity contribution in [2.24, 2.45) is 0 Å². The molecule has 0 atom stereocenters. The summed E-state index contributed by atoms with van der Waals surface area (Å²) in [6.45, 7) is 4.58. The minimum Gasteiger partial charge on any atom is -0.465 e. The Labute approximate surface area is 199 Å². The maximum absolute atomic E-state index is 14.3. The van der Waals surface area contributed by atoms with E-state index < -0.39 is 29.3 Å².